The van der Waals surface area contributed by atoms with E-state index in [1.807, 2.05) is 43.3 Å². The van der Waals surface area contributed by atoms with Crippen molar-refractivity contribution in [2.45, 2.75) is 13.3 Å². The molecule has 0 spiro atoms. The highest BCUT2D eigenvalue weighted by atomic mass is 16.5. The van der Waals surface area contributed by atoms with Crippen LogP contribution in [0.2, 0.25) is 0 Å². The Morgan fingerprint density at radius 3 is 2.81 bits per heavy atom. The molecule has 1 amide bonds. The van der Waals surface area contributed by atoms with Crippen molar-refractivity contribution in [3.8, 4) is 22.8 Å². The van der Waals surface area contributed by atoms with Crippen LogP contribution in [-0.4, -0.2) is 33.8 Å². The summed E-state index contributed by atoms with van der Waals surface area (Å²) in [5, 5.41) is 14.9. The second kappa shape index (κ2) is 9.70. The Bertz CT molecular complexity index is 1270. The first-order valence-electron chi connectivity index (χ1n) is 10.2. The number of fused-ring (bicyclic) bond motifs is 1. The van der Waals surface area contributed by atoms with Crippen LogP contribution in [-0.2, 0) is 0 Å². The van der Waals surface area contributed by atoms with Gasteiger partial charge in [0.15, 0.2) is 0 Å². The third-order valence-corrected chi connectivity index (χ3v) is 4.76. The lowest BCUT2D eigenvalue weighted by Crippen LogP contribution is -2.18. The number of carbonyl (C=O) groups excluding carboxylic acids is 1. The zero-order valence-corrected chi connectivity index (χ0v) is 17.5. The van der Waals surface area contributed by atoms with Crippen molar-refractivity contribution in [1.29, 1.82) is 0 Å². The average molecular weight is 426 g/mol. The van der Waals surface area contributed by atoms with Gasteiger partial charge in [0.25, 0.3) is 5.91 Å². The quantitative estimate of drug-likeness (QED) is 0.334. The van der Waals surface area contributed by atoms with Crippen molar-refractivity contribution in [1.82, 2.24) is 15.4 Å². The number of benzene rings is 2. The normalized spacial score (nSPS) is 11.0. The Labute approximate surface area is 185 Å². The molecule has 0 unspecified atom stereocenters. The standard InChI is InChI=1S/C25H22N4O3/c1-2-12-32-19-10-9-18(24(30)13-19)16-27-29-25(31)21-14-23(17-6-5-11-26-15-17)28-22-8-4-3-7-20(21)22/h3-11,13-16,30H,2,12H2,1H3,(H,29,31). The molecule has 0 aliphatic carbocycles. The Morgan fingerprint density at radius 1 is 1.16 bits per heavy atom. The Kier molecular flexibility index (Phi) is 6.36. The molecular weight excluding hydrogens is 404 g/mol. The highest BCUT2D eigenvalue weighted by Gasteiger charge is 2.13. The van der Waals surface area contributed by atoms with Gasteiger partial charge in [0, 0.05) is 35.0 Å². The second-order valence-corrected chi connectivity index (χ2v) is 7.08. The van der Waals surface area contributed by atoms with E-state index in [0.29, 0.717) is 40.1 Å². The third kappa shape index (κ3) is 4.73. The van der Waals surface area contributed by atoms with Crippen LogP contribution in [0.25, 0.3) is 22.2 Å². The molecule has 4 aromatic rings. The molecule has 0 saturated heterocycles. The number of phenols is 1. The molecule has 160 valence electrons. The monoisotopic (exact) mass is 426 g/mol. The van der Waals surface area contributed by atoms with Gasteiger partial charge in [0.1, 0.15) is 11.5 Å². The predicted octanol–water partition coefficient (Wildman–Crippen LogP) is 4.56. The number of hydrogen-bond donors (Lipinski definition) is 2. The largest absolute Gasteiger partial charge is 0.507 e. The molecule has 0 aliphatic heterocycles. The van der Waals surface area contributed by atoms with Crippen LogP contribution in [0.15, 0.2) is 78.2 Å². The number of para-hydroxylation sites is 1. The van der Waals surface area contributed by atoms with E-state index in [9.17, 15) is 9.90 Å². The number of pyridine rings is 2. The van der Waals surface area contributed by atoms with E-state index in [1.54, 1.807) is 30.6 Å². The summed E-state index contributed by atoms with van der Waals surface area (Å²) in [5.41, 5.74) is 5.60. The Hall–Kier alpha value is -4.26. The SMILES string of the molecule is CCCOc1ccc(C=NNC(=O)c2cc(-c3cccnc3)nc3ccccc23)c(O)c1. The number of carbonyl (C=O) groups is 1. The predicted molar refractivity (Wildman–Crippen MR) is 124 cm³/mol. The lowest BCUT2D eigenvalue weighted by molar-refractivity contribution is 0.0956. The molecule has 32 heavy (non-hydrogen) atoms. The van der Waals surface area contributed by atoms with Crippen molar-refractivity contribution in [3.63, 3.8) is 0 Å². The van der Waals surface area contributed by atoms with Gasteiger partial charge in [-0.1, -0.05) is 25.1 Å². The molecule has 2 aromatic carbocycles. The smallest absolute Gasteiger partial charge is 0.272 e. The van der Waals surface area contributed by atoms with E-state index in [0.717, 1.165) is 12.0 Å². The number of nitrogens with one attached hydrogen (secondary N) is 1. The molecule has 2 aromatic heterocycles. The summed E-state index contributed by atoms with van der Waals surface area (Å²) in [7, 11) is 0. The summed E-state index contributed by atoms with van der Waals surface area (Å²) in [5.74, 6) is 0.217. The van der Waals surface area contributed by atoms with Gasteiger partial charge in [-0.3, -0.25) is 9.78 Å². The zero-order chi connectivity index (χ0) is 22.3. The summed E-state index contributed by atoms with van der Waals surface area (Å²) >= 11 is 0. The topological polar surface area (TPSA) is 96.7 Å². The maximum absolute atomic E-state index is 12.9. The van der Waals surface area contributed by atoms with Crippen molar-refractivity contribution in [2.24, 2.45) is 5.10 Å². The van der Waals surface area contributed by atoms with Crippen LogP contribution >= 0.6 is 0 Å². The third-order valence-electron chi connectivity index (χ3n) is 4.76. The molecule has 2 N–H and O–H groups in total. The van der Waals surface area contributed by atoms with Gasteiger partial charge < -0.3 is 9.84 Å². The number of hydrazone groups is 1. The van der Waals surface area contributed by atoms with Crippen molar-refractivity contribution in [2.75, 3.05) is 6.61 Å². The second-order valence-electron chi connectivity index (χ2n) is 7.08. The van der Waals surface area contributed by atoms with Gasteiger partial charge >= 0.3 is 0 Å². The molecule has 4 rings (SSSR count). The van der Waals surface area contributed by atoms with Crippen LogP contribution in [0.4, 0.5) is 0 Å². The molecular formula is C25H22N4O3. The maximum Gasteiger partial charge on any atom is 0.272 e. The minimum atomic E-state index is -0.382. The number of ether oxygens (including phenoxy) is 1. The fraction of sp³-hybridized carbons (Fsp3) is 0.120. The molecule has 7 heteroatoms. The molecule has 0 bridgehead atoms. The molecule has 0 fully saturated rings. The first-order valence-corrected chi connectivity index (χ1v) is 10.2. The molecule has 0 saturated carbocycles. The molecule has 0 radical (unpaired) electrons. The fourth-order valence-electron chi connectivity index (χ4n) is 3.19. The van der Waals surface area contributed by atoms with Gasteiger partial charge in [-0.15, -0.1) is 0 Å². The van der Waals surface area contributed by atoms with Crippen LogP contribution in [0, 0.1) is 0 Å². The summed E-state index contributed by atoms with van der Waals surface area (Å²) in [6, 6.07) is 17.8. The van der Waals surface area contributed by atoms with Gasteiger partial charge in [-0.25, -0.2) is 10.4 Å². The molecule has 0 atom stereocenters. The number of amides is 1. The fourth-order valence-corrected chi connectivity index (χ4v) is 3.19. The van der Waals surface area contributed by atoms with Gasteiger partial charge in [-0.05, 0) is 42.8 Å². The van der Waals surface area contributed by atoms with E-state index in [2.05, 4.69) is 20.5 Å². The number of aromatic nitrogens is 2. The van der Waals surface area contributed by atoms with E-state index in [-0.39, 0.29) is 11.7 Å². The van der Waals surface area contributed by atoms with Crippen molar-refractivity contribution in [3.05, 3.63) is 84.2 Å². The molecule has 0 aliphatic rings. The van der Waals surface area contributed by atoms with Crippen LogP contribution in [0.3, 0.4) is 0 Å². The first kappa shape index (κ1) is 21.0. The molecule has 7 nitrogen and oxygen atoms in total. The van der Waals surface area contributed by atoms with Crippen LogP contribution < -0.4 is 10.2 Å². The van der Waals surface area contributed by atoms with E-state index >= 15 is 0 Å². The average Bonchev–Trinajstić information content (AvgIpc) is 2.83. The lowest BCUT2D eigenvalue weighted by Gasteiger charge is -2.09. The minimum Gasteiger partial charge on any atom is -0.507 e. The van der Waals surface area contributed by atoms with E-state index in [4.69, 9.17) is 4.74 Å². The zero-order valence-electron chi connectivity index (χ0n) is 17.5. The number of nitrogens with zero attached hydrogens (tertiary/aromatic N) is 3. The molecule has 2 heterocycles. The number of aromatic hydroxyl groups is 1. The number of phenolic OH excluding ortho intramolecular Hbond substituents is 1. The summed E-state index contributed by atoms with van der Waals surface area (Å²) in [6.45, 7) is 2.58. The Morgan fingerprint density at radius 2 is 2.03 bits per heavy atom. The van der Waals surface area contributed by atoms with Gasteiger partial charge in [0.2, 0.25) is 0 Å². The summed E-state index contributed by atoms with van der Waals surface area (Å²) in [6.07, 6.45) is 5.66. The highest BCUT2D eigenvalue weighted by Crippen LogP contribution is 2.25. The minimum absolute atomic E-state index is 0.0184. The number of hydrogen-bond acceptors (Lipinski definition) is 6. The first-order chi connectivity index (χ1) is 15.7. The van der Waals surface area contributed by atoms with Crippen molar-refractivity contribution >= 4 is 23.0 Å². The lowest BCUT2D eigenvalue weighted by atomic mass is 10.0. The van der Waals surface area contributed by atoms with E-state index < -0.39 is 0 Å². The van der Waals surface area contributed by atoms with Gasteiger partial charge in [-0.2, -0.15) is 5.10 Å². The van der Waals surface area contributed by atoms with Crippen LogP contribution in [0.5, 0.6) is 11.5 Å². The van der Waals surface area contributed by atoms with Crippen molar-refractivity contribution < 1.29 is 14.6 Å². The summed E-state index contributed by atoms with van der Waals surface area (Å²) in [4.78, 5) is 21.7. The summed E-state index contributed by atoms with van der Waals surface area (Å²) < 4.78 is 5.50. The maximum atomic E-state index is 12.9. The number of rotatable bonds is 7. The van der Waals surface area contributed by atoms with E-state index in [1.165, 1.54) is 12.3 Å². The van der Waals surface area contributed by atoms with Crippen LogP contribution in [0.1, 0.15) is 29.3 Å². The highest BCUT2D eigenvalue weighted by molar-refractivity contribution is 6.07. The van der Waals surface area contributed by atoms with Gasteiger partial charge in [0.05, 0.1) is 29.6 Å². The Balaban J connectivity index is 1.57.